The predicted octanol–water partition coefficient (Wildman–Crippen LogP) is 4.18. The van der Waals surface area contributed by atoms with E-state index in [0.717, 1.165) is 22.6 Å². The maximum absolute atomic E-state index is 12.7. The van der Waals surface area contributed by atoms with E-state index in [9.17, 15) is 9.59 Å². The van der Waals surface area contributed by atoms with Gasteiger partial charge in [0.2, 0.25) is 5.91 Å². The van der Waals surface area contributed by atoms with E-state index in [1.54, 1.807) is 12.0 Å². The molecule has 2 aromatic rings. The second kappa shape index (κ2) is 11.5. The van der Waals surface area contributed by atoms with E-state index >= 15 is 0 Å². The first kappa shape index (κ1) is 23.6. The molecule has 0 spiro atoms. The molecule has 2 aromatic carbocycles. The number of anilines is 1. The normalized spacial score (nSPS) is 14.3. The molecule has 1 aliphatic rings. The summed E-state index contributed by atoms with van der Waals surface area (Å²) in [5, 5.41) is 5.93. The molecule has 1 fully saturated rings. The van der Waals surface area contributed by atoms with Gasteiger partial charge in [0.25, 0.3) is 0 Å². The van der Waals surface area contributed by atoms with Crippen LogP contribution in [0.3, 0.4) is 0 Å². The fourth-order valence-corrected chi connectivity index (χ4v) is 3.70. The molecule has 1 heterocycles. The summed E-state index contributed by atoms with van der Waals surface area (Å²) in [6.07, 6.45) is 1.37. The second-order valence-corrected chi connectivity index (χ2v) is 8.40. The molecule has 32 heavy (non-hydrogen) atoms. The summed E-state index contributed by atoms with van der Waals surface area (Å²) in [7, 11) is 1.64. The Kier molecular flexibility index (Phi) is 8.50. The van der Waals surface area contributed by atoms with Gasteiger partial charge in [0, 0.05) is 30.7 Å². The highest BCUT2D eigenvalue weighted by atomic mass is 16.5. The van der Waals surface area contributed by atoms with Gasteiger partial charge in [0.05, 0.1) is 20.3 Å². The van der Waals surface area contributed by atoms with Crippen molar-refractivity contribution in [3.05, 3.63) is 59.7 Å². The van der Waals surface area contributed by atoms with E-state index in [4.69, 9.17) is 9.47 Å². The van der Waals surface area contributed by atoms with E-state index in [1.807, 2.05) is 62.4 Å². The molecule has 7 heteroatoms. The Labute approximate surface area is 190 Å². The van der Waals surface area contributed by atoms with Crippen molar-refractivity contribution in [1.29, 1.82) is 0 Å². The molecule has 3 rings (SSSR count). The van der Waals surface area contributed by atoms with Crippen LogP contribution >= 0.6 is 0 Å². The Morgan fingerprint density at radius 2 is 1.72 bits per heavy atom. The van der Waals surface area contributed by atoms with Gasteiger partial charge in [-0.25, -0.2) is 4.79 Å². The lowest BCUT2D eigenvalue weighted by atomic mass is 9.96. The zero-order valence-corrected chi connectivity index (χ0v) is 19.1. The van der Waals surface area contributed by atoms with Crippen molar-refractivity contribution in [2.45, 2.75) is 45.9 Å². The maximum atomic E-state index is 12.7. The van der Waals surface area contributed by atoms with Crippen molar-refractivity contribution in [2.24, 2.45) is 5.92 Å². The molecular formula is C25H33N3O4. The number of hydrogen-bond donors (Lipinski definition) is 2. The monoisotopic (exact) mass is 439 g/mol. The SMILES string of the molecule is COc1ccc(COCc2cccc(NC(=O)N3CCC(C(=O)NC(C)C)CC3)c2)cc1. The minimum absolute atomic E-state index is 0.0207. The second-order valence-electron chi connectivity index (χ2n) is 8.40. The number of rotatable bonds is 8. The van der Waals surface area contributed by atoms with Gasteiger partial charge in [0.1, 0.15) is 5.75 Å². The third-order valence-corrected chi connectivity index (χ3v) is 5.46. The van der Waals surface area contributed by atoms with Crippen molar-refractivity contribution >= 4 is 17.6 Å². The number of ether oxygens (including phenoxy) is 2. The number of amides is 3. The van der Waals surface area contributed by atoms with E-state index in [1.165, 1.54) is 0 Å². The highest BCUT2D eigenvalue weighted by Gasteiger charge is 2.27. The number of carbonyl (C=O) groups is 2. The number of likely N-dealkylation sites (tertiary alicyclic amines) is 1. The van der Waals surface area contributed by atoms with Gasteiger partial charge in [-0.2, -0.15) is 0 Å². The summed E-state index contributed by atoms with van der Waals surface area (Å²) < 4.78 is 11.0. The number of piperidine rings is 1. The number of benzene rings is 2. The maximum Gasteiger partial charge on any atom is 0.321 e. The quantitative estimate of drug-likeness (QED) is 0.647. The smallest absolute Gasteiger partial charge is 0.321 e. The first-order chi connectivity index (χ1) is 15.4. The van der Waals surface area contributed by atoms with Gasteiger partial charge >= 0.3 is 6.03 Å². The van der Waals surface area contributed by atoms with Crippen LogP contribution in [0, 0.1) is 5.92 Å². The van der Waals surface area contributed by atoms with Crippen LogP contribution in [-0.2, 0) is 22.7 Å². The highest BCUT2D eigenvalue weighted by Crippen LogP contribution is 2.20. The summed E-state index contributed by atoms with van der Waals surface area (Å²) in [6.45, 7) is 6.02. The van der Waals surface area contributed by atoms with Crippen LogP contribution in [0.1, 0.15) is 37.8 Å². The van der Waals surface area contributed by atoms with E-state index < -0.39 is 0 Å². The molecule has 172 valence electrons. The lowest BCUT2D eigenvalue weighted by Gasteiger charge is -2.31. The molecule has 0 saturated carbocycles. The van der Waals surface area contributed by atoms with Crippen LogP contribution in [0.4, 0.5) is 10.5 Å². The molecule has 2 N–H and O–H groups in total. The molecule has 1 aliphatic heterocycles. The van der Waals surface area contributed by atoms with Crippen LogP contribution in [0.2, 0.25) is 0 Å². The lowest BCUT2D eigenvalue weighted by molar-refractivity contribution is -0.126. The molecule has 1 saturated heterocycles. The lowest BCUT2D eigenvalue weighted by Crippen LogP contribution is -2.45. The predicted molar refractivity (Wildman–Crippen MR) is 125 cm³/mol. The van der Waals surface area contributed by atoms with Gasteiger partial charge < -0.3 is 25.0 Å². The van der Waals surface area contributed by atoms with E-state index in [2.05, 4.69) is 10.6 Å². The van der Waals surface area contributed by atoms with Gasteiger partial charge in [-0.3, -0.25) is 4.79 Å². The van der Waals surface area contributed by atoms with Crippen LogP contribution in [0.5, 0.6) is 5.75 Å². The minimum Gasteiger partial charge on any atom is -0.497 e. The summed E-state index contributed by atoms with van der Waals surface area (Å²) in [5.41, 5.74) is 2.79. The number of hydrogen-bond acceptors (Lipinski definition) is 4. The molecule has 0 bridgehead atoms. The standard InChI is InChI=1S/C25H33N3O4/c1-18(2)26-24(29)21-11-13-28(14-12-21)25(30)27-22-6-4-5-20(15-22)17-32-16-19-7-9-23(31-3)10-8-19/h4-10,15,18,21H,11-14,16-17H2,1-3H3,(H,26,29)(H,27,30). The van der Waals surface area contributed by atoms with Crippen LogP contribution in [0.25, 0.3) is 0 Å². The Bertz CT molecular complexity index is 890. The first-order valence-electron chi connectivity index (χ1n) is 11.1. The first-order valence-corrected chi connectivity index (χ1v) is 11.1. The summed E-state index contributed by atoms with van der Waals surface area (Å²) in [4.78, 5) is 26.6. The third kappa shape index (κ3) is 6.99. The largest absolute Gasteiger partial charge is 0.497 e. The molecule has 0 aromatic heterocycles. The molecule has 0 unspecified atom stereocenters. The van der Waals surface area contributed by atoms with Crippen LogP contribution < -0.4 is 15.4 Å². The average Bonchev–Trinajstić information content (AvgIpc) is 2.79. The minimum atomic E-state index is -0.135. The molecule has 3 amide bonds. The van der Waals surface area contributed by atoms with Gasteiger partial charge in [-0.1, -0.05) is 24.3 Å². The van der Waals surface area contributed by atoms with Crippen LogP contribution in [-0.4, -0.2) is 43.1 Å². The van der Waals surface area contributed by atoms with Crippen molar-refractivity contribution < 1.29 is 19.1 Å². The number of methoxy groups -OCH3 is 1. The number of nitrogens with zero attached hydrogens (tertiary/aromatic N) is 1. The topological polar surface area (TPSA) is 79.9 Å². The molecule has 0 aliphatic carbocycles. The van der Waals surface area contributed by atoms with Crippen LogP contribution in [0.15, 0.2) is 48.5 Å². The van der Waals surface area contributed by atoms with Crippen molar-refractivity contribution in [3.63, 3.8) is 0 Å². The fraction of sp³-hybridized carbons (Fsp3) is 0.440. The number of carbonyl (C=O) groups excluding carboxylic acids is 2. The average molecular weight is 440 g/mol. The van der Waals surface area contributed by atoms with Gasteiger partial charge in [0.15, 0.2) is 0 Å². The zero-order chi connectivity index (χ0) is 22.9. The Balaban J connectivity index is 1.44. The highest BCUT2D eigenvalue weighted by molar-refractivity contribution is 5.89. The Morgan fingerprint density at radius 1 is 1.03 bits per heavy atom. The van der Waals surface area contributed by atoms with Gasteiger partial charge in [-0.15, -0.1) is 0 Å². The molecular weight excluding hydrogens is 406 g/mol. The summed E-state index contributed by atoms with van der Waals surface area (Å²) in [5.74, 6) is 0.885. The van der Waals surface area contributed by atoms with E-state index in [0.29, 0.717) is 39.1 Å². The Hall–Kier alpha value is -3.06. The zero-order valence-electron chi connectivity index (χ0n) is 19.1. The number of nitrogens with one attached hydrogen (secondary N) is 2. The van der Waals surface area contributed by atoms with Crippen molar-refractivity contribution in [2.75, 3.05) is 25.5 Å². The Morgan fingerprint density at radius 3 is 2.38 bits per heavy atom. The van der Waals surface area contributed by atoms with Gasteiger partial charge in [-0.05, 0) is 62.1 Å². The number of urea groups is 1. The molecule has 7 nitrogen and oxygen atoms in total. The van der Waals surface area contributed by atoms with E-state index in [-0.39, 0.29) is 23.9 Å². The third-order valence-electron chi connectivity index (χ3n) is 5.46. The summed E-state index contributed by atoms with van der Waals surface area (Å²) in [6, 6.07) is 15.5. The van der Waals surface area contributed by atoms with Crippen molar-refractivity contribution in [1.82, 2.24) is 10.2 Å². The molecule has 0 atom stereocenters. The molecule has 0 radical (unpaired) electrons. The summed E-state index contributed by atoms with van der Waals surface area (Å²) >= 11 is 0. The van der Waals surface area contributed by atoms with Crippen molar-refractivity contribution in [3.8, 4) is 5.75 Å². The fourth-order valence-electron chi connectivity index (χ4n) is 3.70.